The molecule has 4 nitrogen and oxygen atoms in total. The zero-order valence-corrected chi connectivity index (χ0v) is 9.34. The van der Waals surface area contributed by atoms with E-state index in [1.807, 2.05) is 37.3 Å². The zero-order chi connectivity index (χ0) is 11.8. The zero-order valence-electron chi connectivity index (χ0n) is 9.34. The van der Waals surface area contributed by atoms with Gasteiger partial charge >= 0.3 is 0 Å². The number of rotatable bonds is 1. The lowest BCUT2D eigenvalue weighted by molar-refractivity contribution is 0.903. The van der Waals surface area contributed by atoms with Crippen molar-refractivity contribution in [1.82, 2.24) is 14.6 Å². The van der Waals surface area contributed by atoms with Gasteiger partial charge in [-0.1, -0.05) is 29.8 Å². The molecule has 84 valence electrons. The molecule has 0 spiro atoms. The van der Waals surface area contributed by atoms with E-state index < -0.39 is 0 Å². The Balaban J connectivity index is 2.21. The largest absolute Gasteiger partial charge is 0.289 e. The van der Waals surface area contributed by atoms with Crippen molar-refractivity contribution in [2.45, 2.75) is 6.92 Å². The minimum atomic E-state index is -0.103. The quantitative estimate of drug-likeness (QED) is 0.688. The Morgan fingerprint density at radius 1 is 1.18 bits per heavy atom. The van der Waals surface area contributed by atoms with Gasteiger partial charge in [-0.2, -0.15) is 0 Å². The lowest BCUT2D eigenvalue weighted by Gasteiger charge is -1.97. The van der Waals surface area contributed by atoms with Crippen LogP contribution >= 0.6 is 0 Å². The molecule has 0 bridgehead atoms. The average molecular weight is 225 g/mol. The third-order valence-electron chi connectivity index (χ3n) is 2.74. The molecule has 2 aromatic heterocycles. The molecule has 2 heterocycles. The van der Waals surface area contributed by atoms with Gasteiger partial charge in [-0.25, -0.2) is 9.50 Å². The summed E-state index contributed by atoms with van der Waals surface area (Å²) in [6.07, 6.45) is 1.52. The van der Waals surface area contributed by atoms with Gasteiger partial charge in [0.1, 0.15) is 0 Å². The number of aromatic nitrogens is 3. The number of aromatic amines is 1. The maximum absolute atomic E-state index is 11.6. The lowest BCUT2D eigenvalue weighted by atomic mass is 10.1. The van der Waals surface area contributed by atoms with Crippen molar-refractivity contribution in [2.75, 3.05) is 0 Å². The van der Waals surface area contributed by atoms with Gasteiger partial charge in [-0.3, -0.25) is 9.89 Å². The van der Waals surface area contributed by atoms with E-state index in [2.05, 4.69) is 10.1 Å². The second-order valence-electron chi connectivity index (χ2n) is 4.01. The molecular formula is C13H11N3O. The topological polar surface area (TPSA) is 50.2 Å². The van der Waals surface area contributed by atoms with Crippen LogP contribution in [0.4, 0.5) is 0 Å². The van der Waals surface area contributed by atoms with Crippen molar-refractivity contribution in [3.63, 3.8) is 0 Å². The maximum atomic E-state index is 11.6. The first-order valence-corrected chi connectivity index (χ1v) is 5.38. The number of nitrogens with zero attached hydrogens (tertiary/aromatic N) is 2. The van der Waals surface area contributed by atoms with E-state index in [0.717, 1.165) is 11.3 Å². The second kappa shape index (κ2) is 3.59. The van der Waals surface area contributed by atoms with Gasteiger partial charge in [0.05, 0.1) is 5.69 Å². The van der Waals surface area contributed by atoms with Gasteiger partial charge < -0.3 is 0 Å². The molecule has 0 aliphatic carbocycles. The van der Waals surface area contributed by atoms with Crippen LogP contribution in [0.15, 0.2) is 47.4 Å². The first-order chi connectivity index (χ1) is 8.24. The number of hydrogen-bond acceptors (Lipinski definition) is 2. The highest BCUT2D eigenvalue weighted by Gasteiger charge is 2.04. The van der Waals surface area contributed by atoms with Gasteiger partial charge in [-0.05, 0) is 12.5 Å². The van der Waals surface area contributed by atoms with Crippen LogP contribution < -0.4 is 5.56 Å². The molecule has 0 fully saturated rings. The van der Waals surface area contributed by atoms with Gasteiger partial charge in [0.25, 0.3) is 5.56 Å². The Morgan fingerprint density at radius 2 is 1.94 bits per heavy atom. The van der Waals surface area contributed by atoms with Crippen molar-refractivity contribution >= 4 is 5.65 Å². The van der Waals surface area contributed by atoms with Crippen LogP contribution in [0.1, 0.15) is 5.56 Å². The first kappa shape index (κ1) is 9.84. The highest BCUT2D eigenvalue weighted by Crippen LogP contribution is 2.18. The molecule has 0 radical (unpaired) electrons. The first-order valence-electron chi connectivity index (χ1n) is 5.38. The van der Waals surface area contributed by atoms with Crippen molar-refractivity contribution in [3.8, 4) is 11.3 Å². The predicted molar refractivity (Wildman–Crippen MR) is 66.0 cm³/mol. The van der Waals surface area contributed by atoms with Crippen molar-refractivity contribution in [3.05, 3.63) is 58.5 Å². The number of hydrogen-bond donors (Lipinski definition) is 1. The normalized spacial score (nSPS) is 10.9. The number of fused-ring (bicyclic) bond motifs is 1. The standard InChI is InChI=1S/C13H11N3O/c1-9-2-4-10(5-3-9)11-8-12-14-7-6-13(17)16(12)15-11/h2-8,15H,1H3. The summed E-state index contributed by atoms with van der Waals surface area (Å²) in [6.45, 7) is 2.04. The van der Waals surface area contributed by atoms with Gasteiger partial charge in [0, 0.05) is 18.3 Å². The monoisotopic (exact) mass is 225 g/mol. The van der Waals surface area contributed by atoms with Crippen molar-refractivity contribution in [1.29, 1.82) is 0 Å². The summed E-state index contributed by atoms with van der Waals surface area (Å²) in [5.41, 5.74) is 3.67. The summed E-state index contributed by atoms with van der Waals surface area (Å²) in [5, 5.41) is 3.04. The fraction of sp³-hybridized carbons (Fsp3) is 0.0769. The van der Waals surface area contributed by atoms with Crippen LogP contribution in [0.3, 0.4) is 0 Å². The molecule has 0 aliphatic heterocycles. The molecule has 0 unspecified atom stereocenters. The summed E-state index contributed by atoms with van der Waals surface area (Å²) in [5.74, 6) is 0. The van der Waals surface area contributed by atoms with E-state index in [9.17, 15) is 4.79 Å². The molecule has 0 amide bonds. The third-order valence-corrected chi connectivity index (χ3v) is 2.74. The van der Waals surface area contributed by atoms with E-state index >= 15 is 0 Å². The van der Waals surface area contributed by atoms with E-state index in [4.69, 9.17) is 0 Å². The van der Waals surface area contributed by atoms with Crippen LogP contribution in [0, 0.1) is 6.92 Å². The predicted octanol–water partition coefficient (Wildman–Crippen LogP) is 2.00. The van der Waals surface area contributed by atoms with Gasteiger partial charge in [0.15, 0.2) is 5.65 Å². The van der Waals surface area contributed by atoms with Crippen LogP contribution in [0.2, 0.25) is 0 Å². The number of aryl methyl sites for hydroxylation is 1. The minimum Gasteiger partial charge on any atom is -0.289 e. The number of H-pyrrole nitrogens is 1. The molecule has 3 rings (SSSR count). The Morgan fingerprint density at radius 3 is 2.65 bits per heavy atom. The Labute approximate surface area is 97.5 Å². The van der Waals surface area contributed by atoms with E-state index in [-0.39, 0.29) is 5.56 Å². The molecule has 0 aliphatic rings. The van der Waals surface area contributed by atoms with Crippen LogP contribution in [-0.4, -0.2) is 14.6 Å². The molecule has 1 N–H and O–H groups in total. The summed E-state index contributed by atoms with van der Waals surface area (Å²) >= 11 is 0. The molecular weight excluding hydrogens is 214 g/mol. The Kier molecular flexibility index (Phi) is 2.08. The number of nitrogens with one attached hydrogen (secondary N) is 1. The van der Waals surface area contributed by atoms with Crippen LogP contribution in [-0.2, 0) is 0 Å². The van der Waals surface area contributed by atoms with Crippen LogP contribution in [0.25, 0.3) is 16.9 Å². The second-order valence-corrected chi connectivity index (χ2v) is 4.01. The van der Waals surface area contributed by atoms with E-state index in [1.165, 1.54) is 22.3 Å². The fourth-order valence-corrected chi connectivity index (χ4v) is 1.80. The molecule has 17 heavy (non-hydrogen) atoms. The summed E-state index contributed by atoms with van der Waals surface area (Å²) in [4.78, 5) is 15.7. The highest BCUT2D eigenvalue weighted by atomic mass is 16.1. The Bertz CT molecular complexity index is 722. The van der Waals surface area contributed by atoms with Crippen LogP contribution in [0.5, 0.6) is 0 Å². The third kappa shape index (κ3) is 1.63. The minimum absolute atomic E-state index is 0.103. The lowest BCUT2D eigenvalue weighted by Crippen LogP contribution is -2.12. The molecule has 1 aromatic carbocycles. The smallest absolute Gasteiger partial charge is 0.272 e. The average Bonchev–Trinajstić information content (AvgIpc) is 2.75. The molecule has 3 aromatic rings. The van der Waals surface area contributed by atoms with Gasteiger partial charge in [-0.15, -0.1) is 0 Å². The molecule has 4 heteroatoms. The fourth-order valence-electron chi connectivity index (χ4n) is 1.80. The van der Waals surface area contributed by atoms with Crippen molar-refractivity contribution in [2.24, 2.45) is 0 Å². The molecule has 0 saturated heterocycles. The summed E-state index contributed by atoms with van der Waals surface area (Å²) in [6, 6.07) is 11.4. The molecule has 0 atom stereocenters. The van der Waals surface area contributed by atoms with Crippen molar-refractivity contribution < 1.29 is 0 Å². The number of benzene rings is 1. The van der Waals surface area contributed by atoms with Gasteiger partial charge in [0.2, 0.25) is 0 Å². The SMILES string of the molecule is Cc1ccc(-c2cc3nccc(=O)n3[nH]2)cc1. The van der Waals surface area contributed by atoms with E-state index in [0.29, 0.717) is 5.65 Å². The Hall–Kier alpha value is -2.36. The summed E-state index contributed by atoms with van der Waals surface area (Å²) < 4.78 is 1.44. The highest BCUT2D eigenvalue weighted by molar-refractivity contribution is 5.64. The molecule has 0 saturated carbocycles. The summed E-state index contributed by atoms with van der Waals surface area (Å²) in [7, 11) is 0. The van der Waals surface area contributed by atoms with E-state index in [1.54, 1.807) is 0 Å². The maximum Gasteiger partial charge on any atom is 0.272 e.